The first kappa shape index (κ1) is 15.2. The zero-order valence-corrected chi connectivity index (χ0v) is 13.2. The van der Waals surface area contributed by atoms with E-state index in [9.17, 15) is 0 Å². The Morgan fingerprint density at radius 3 is 2.68 bits per heavy atom. The minimum Gasteiger partial charge on any atom is -0.375 e. The lowest BCUT2D eigenvalue weighted by Crippen LogP contribution is -2.35. The second-order valence-electron chi connectivity index (χ2n) is 5.93. The molecule has 1 aliphatic rings. The first-order valence-corrected chi connectivity index (χ1v) is 8.04. The van der Waals surface area contributed by atoms with Gasteiger partial charge in [0.15, 0.2) is 5.82 Å². The van der Waals surface area contributed by atoms with E-state index in [0.717, 1.165) is 50.7 Å². The van der Waals surface area contributed by atoms with Crippen LogP contribution in [0.5, 0.6) is 0 Å². The SMILES string of the molecule is Cc1nc(C2CCN(CCOCc3ccccc3)CC2)n[nH]1. The normalized spacial score (nSPS) is 17.0. The van der Waals surface area contributed by atoms with Gasteiger partial charge in [0.05, 0.1) is 13.2 Å². The van der Waals surface area contributed by atoms with Crippen LogP contribution >= 0.6 is 0 Å². The molecule has 118 valence electrons. The van der Waals surface area contributed by atoms with E-state index in [1.54, 1.807) is 0 Å². The second kappa shape index (κ2) is 7.51. The number of aromatic amines is 1. The Labute approximate surface area is 131 Å². The predicted molar refractivity (Wildman–Crippen MR) is 85.6 cm³/mol. The molecule has 2 heterocycles. The summed E-state index contributed by atoms with van der Waals surface area (Å²) in [4.78, 5) is 6.93. The Balaban J connectivity index is 1.34. The summed E-state index contributed by atoms with van der Waals surface area (Å²) in [7, 11) is 0. The summed E-state index contributed by atoms with van der Waals surface area (Å²) in [5, 5.41) is 7.23. The van der Waals surface area contributed by atoms with Gasteiger partial charge in [-0.25, -0.2) is 4.98 Å². The van der Waals surface area contributed by atoms with Crippen LogP contribution in [0.25, 0.3) is 0 Å². The summed E-state index contributed by atoms with van der Waals surface area (Å²) in [6.07, 6.45) is 2.27. The summed E-state index contributed by atoms with van der Waals surface area (Å²) in [6.45, 7) is 6.66. The standard InChI is InChI=1S/C17H24N4O/c1-14-18-17(20-19-14)16-7-9-21(10-8-16)11-12-22-13-15-5-3-2-4-6-15/h2-6,16H,7-13H2,1H3,(H,18,19,20). The third-order valence-corrected chi connectivity index (χ3v) is 4.23. The number of ether oxygens (including phenoxy) is 1. The topological polar surface area (TPSA) is 54.0 Å². The third kappa shape index (κ3) is 4.15. The van der Waals surface area contributed by atoms with Crippen molar-refractivity contribution in [3.63, 3.8) is 0 Å². The maximum Gasteiger partial charge on any atom is 0.153 e. The number of nitrogens with one attached hydrogen (secondary N) is 1. The highest BCUT2D eigenvalue weighted by molar-refractivity contribution is 5.13. The number of aryl methyl sites for hydroxylation is 1. The van der Waals surface area contributed by atoms with Crippen molar-refractivity contribution < 1.29 is 4.74 Å². The van der Waals surface area contributed by atoms with Crippen molar-refractivity contribution in [2.75, 3.05) is 26.2 Å². The number of rotatable bonds is 6. The molecule has 0 spiro atoms. The molecule has 2 aromatic rings. The third-order valence-electron chi connectivity index (χ3n) is 4.23. The van der Waals surface area contributed by atoms with Crippen LogP contribution in [0.15, 0.2) is 30.3 Å². The number of likely N-dealkylation sites (tertiary alicyclic amines) is 1. The molecule has 1 fully saturated rings. The van der Waals surface area contributed by atoms with Gasteiger partial charge in [-0.15, -0.1) is 0 Å². The van der Waals surface area contributed by atoms with Crippen molar-refractivity contribution in [2.24, 2.45) is 0 Å². The van der Waals surface area contributed by atoms with Crippen molar-refractivity contribution in [3.05, 3.63) is 47.5 Å². The van der Waals surface area contributed by atoms with Crippen molar-refractivity contribution in [2.45, 2.75) is 32.3 Å². The van der Waals surface area contributed by atoms with E-state index in [-0.39, 0.29) is 0 Å². The van der Waals surface area contributed by atoms with Crippen LogP contribution in [0.3, 0.4) is 0 Å². The van der Waals surface area contributed by atoms with E-state index in [4.69, 9.17) is 4.74 Å². The van der Waals surface area contributed by atoms with Crippen molar-refractivity contribution in [3.8, 4) is 0 Å². The second-order valence-corrected chi connectivity index (χ2v) is 5.93. The van der Waals surface area contributed by atoms with Crippen LogP contribution in [0.1, 0.15) is 36.0 Å². The number of hydrogen-bond acceptors (Lipinski definition) is 4. The Bertz CT molecular complexity index is 561. The number of H-pyrrole nitrogens is 1. The maximum atomic E-state index is 5.77. The molecule has 1 aliphatic heterocycles. The Morgan fingerprint density at radius 1 is 1.23 bits per heavy atom. The van der Waals surface area contributed by atoms with Crippen LogP contribution in [0.2, 0.25) is 0 Å². The van der Waals surface area contributed by atoms with E-state index in [2.05, 4.69) is 32.2 Å². The van der Waals surface area contributed by atoms with Gasteiger partial charge in [-0.2, -0.15) is 5.10 Å². The fraction of sp³-hybridized carbons (Fsp3) is 0.529. The fourth-order valence-electron chi connectivity index (χ4n) is 2.92. The van der Waals surface area contributed by atoms with Gasteiger partial charge < -0.3 is 9.64 Å². The summed E-state index contributed by atoms with van der Waals surface area (Å²) < 4.78 is 5.77. The molecule has 1 saturated heterocycles. The highest BCUT2D eigenvalue weighted by Crippen LogP contribution is 2.25. The molecular formula is C17H24N4O. The first-order chi connectivity index (χ1) is 10.8. The first-order valence-electron chi connectivity index (χ1n) is 8.04. The lowest BCUT2D eigenvalue weighted by molar-refractivity contribution is 0.0836. The smallest absolute Gasteiger partial charge is 0.153 e. The molecule has 0 saturated carbocycles. The van der Waals surface area contributed by atoms with E-state index < -0.39 is 0 Å². The van der Waals surface area contributed by atoms with E-state index in [0.29, 0.717) is 12.5 Å². The highest BCUT2D eigenvalue weighted by atomic mass is 16.5. The number of hydrogen-bond donors (Lipinski definition) is 1. The summed E-state index contributed by atoms with van der Waals surface area (Å²) in [5.74, 6) is 2.40. The molecule has 0 bridgehead atoms. The molecule has 0 amide bonds. The van der Waals surface area contributed by atoms with Crippen molar-refractivity contribution in [1.82, 2.24) is 20.1 Å². The molecule has 0 unspecified atom stereocenters. The monoisotopic (exact) mass is 300 g/mol. The molecule has 1 aromatic heterocycles. The predicted octanol–water partition coefficient (Wildman–Crippen LogP) is 2.51. The van der Waals surface area contributed by atoms with E-state index >= 15 is 0 Å². The highest BCUT2D eigenvalue weighted by Gasteiger charge is 2.23. The summed E-state index contributed by atoms with van der Waals surface area (Å²) >= 11 is 0. The van der Waals surface area contributed by atoms with Gasteiger partial charge >= 0.3 is 0 Å². The Morgan fingerprint density at radius 2 is 2.00 bits per heavy atom. The number of nitrogens with zero attached hydrogens (tertiary/aromatic N) is 3. The van der Waals surface area contributed by atoms with Crippen LogP contribution in [0.4, 0.5) is 0 Å². The molecule has 22 heavy (non-hydrogen) atoms. The van der Waals surface area contributed by atoms with E-state index in [1.165, 1.54) is 5.56 Å². The zero-order valence-electron chi connectivity index (χ0n) is 13.2. The van der Waals surface area contributed by atoms with Gasteiger partial charge in [0, 0.05) is 12.5 Å². The van der Waals surface area contributed by atoms with Gasteiger partial charge in [0.2, 0.25) is 0 Å². The molecule has 0 radical (unpaired) electrons. The van der Waals surface area contributed by atoms with Crippen LogP contribution in [-0.2, 0) is 11.3 Å². The summed E-state index contributed by atoms with van der Waals surface area (Å²) in [6, 6.07) is 10.3. The lowest BCUT2D eigenvalue weighted by Gasteiger charge is -2.30. The lowest BCUT2D eigenvalue weighted by atomic mass is 9.96. The molecule has 3 rings (SSSR count). The van der Waals surface area contributed by atoms with Gasteiger partial charge in [-0.3, -0.25) is 5.10 Å². The molecule has 5 nitrogen and oxygen atoms in total. The maximum absolute atomic E-state index is 5.77. The molecular weight excluding hydrogens is 276 g/mol. The van der Waals surface area contributed by atoms with Crippen LogP contribution in [0, 0.1) is 6.92 Å². The molecule has 5 heteroatoms. The van der Waals surface area contributed by atoms with Gasteiger partial charge in [-0.05, 0) is 38.4 Å². The molecule has 0 aliphatic carbocycles. The Hall–Kier alpha value is -1.72. The number of piperidine rings is 1. The van der Waals surface area contributed by atoms with Crippen molar-refractivity contribution in [1.29, 1.82) is 0 Å². The molecule has 1 N–H and O–H groups in total. The minimum atomic E-state index is 0.506. The minimum absolute atomic E-state index is 0.506. The largest absolute Gasteiger partial charge is 0.375 e. The molecule has 0 atom stereocenters. The number of aromatic nitrogens is 3. The Kier molecular flexibility index (Phi) is 5.19. The van der Waals surface area contributed by atoms with Crippen molar-refractivity contribution >= 4 is 0 Å². The summed E-state index contributed by atoms with van der Waals surface area (Å²) in [5.41, 5.74) is 1.24. The molecule has 1 aromatic carbocycles. The number of benzene rings is 1. The van der Waals surface area contributed by atoms with Crippen LogP contribution < -0.4 is 0 Å². The quantitative estimate of drug-likeness (QED) is 0.833. The van der Waals surface area contributed by atoms with E-state index in [1.807, 2.05) is 25.1 Å². The average Bonchev–Trinajstić information content (AvgIpc) is 3.00. The fourth-order valence-corrected chi connectivity index (χ4v) is 2.92. The van der Waals surface area contributed by atoms with Gasteiger partial charge in [-0.1, -0.05) is 30.3 Å². The van der Waals surface area contributed by atoms with Crippen LogP contribution in [-0.4, -0.2) is 46.3 Å². The van der Waals surface area contributed by atoms with Gasteiger partial charge in [0.25, 0.3) is 0 Å². The van der Waals surface area contributed by atoms with Gasteiger partial charge in [0.1, 0.15) is 5.82 Å². The average molecular weight is 300 g/mol. The zero-order chi connectivity index (χ0) is 15.2.